The van der Waals surface area contributed by atoms with E-state index in [1.807, 2.05) is 35.2 Å². The zero-order valence-electron chi connectivity index (χ0n) is 15.8. The summed E-state index contributed by atoms with van der Waals surface area (Å²) < 4.78 is 6.89. The summed E-state index contributed by atoms with van der Waals surface area (Å²) in [5.41, 5.74) is 2.60. The molecule has 3 heterocycles. The standard InChI is InChI=1S/C21H21N3O3S.ClH/c25-17-11-13(20-23-15-4-1-2-6-18(15)28-20)10-14-12-24(8-9-27-19(14)17)21(26)16-5-3-7-22-16;/h1-2,4,6,10-11,16,22,25H,3,5,7-9,12H2;1H/t16-;/m1./s1. The van der Waals surface area contributed by atoms with Gasteiger partial charge in [-0.15, -0.1) is 23.7 Å². The number of aromatic hydroxyl groups is 1. The van der Waals surface area contributed by atoms with Crippen LogP contribution in [0.3, 0.4) is 0 Å². The van der Waals surface area contributed by atoms with Crippen LogP contribution in [0.2, 0.25) is 0 Å². The number of thiazole rings is 1. The van der Waals surface area contributed by atoms with Gasteiger partial charge in [-0.1, -0.05) is 12.1 Å². The number of nitrogens with zero attached hydrogens (tertiary/aromatic N) is 2. The summed E-state index contributed by atoms with van der Waals surface area (Å²) in [6.45, 7) is 2.21. The number of rotatable bonds is 2. The Hall–Kier alpha value is -2.35. The van der Waals surface area contributed by atoms with Crippen molar-refractivity contribution < 1.29 is 14.6 Å². The lowest BCUT2D eigenvalue weighted by atomic mass is 10.1. The minimum Gasteiger partial charge on any atom is -0.504 e. The molecule has 8 heteroatoms. The van der Waals surface area contributed by atoms with E-state index in [9.17, 15) is 9.90 Å². The number of aromatic nitrogens is 1. The molecule has 3 aromatic rings. The van der Waals surface area contributed by atoms with Crippen molar-refractivity contribution in [2.45, 2.75) is 25.4 Å². The van der Waals surface area contributed by atoms with Crippen LogP contribution in [0.25, 0.3) is 20.8 Å². The first kappa shape index (κ1) is 19.9. The summed E-state index contributed by atoms with van der Waals surface area (Å²) in [4.78, 5) is 19.4. The first-order chi connectivity index (χ1) is 13.7. The quantitative estimate of drug-likeness (QED) is 0.648. The van der Waals surface area contributed by atoms with E-state index >= 15 is 0 Å². The highest BCUT2D eigenvalue weighted by atomic mass is 35.5. The Kier molecular flexibility index (Phi) is 5.63. The molecule has 6 nitrogen and oxygen atoms in total. The Balaban J connectivity index is 0.00000205. The van der Waals surface area contributed by atoms with Crippen LogP contribution in [0.4, 0.5) is 0 Å². The number of phenols is 1. The molecule has 2 aliphatic heterocycles. The van der Waals surface area contributed by atoms with Gasteiger partial charge < -0.3 is 20.1 Å². The third-order valence-electron chi connectivity index (χ3n) is 5.33. The fraction of sp³-hybridized carbons (Fsp3) is 0.333. The summed E-state index contributed by atoms with van der Waals surface area (Å²) in [5.74, 6) is 0.679. The first-order valence-electron chi connectivity index (χ1n) is 9.56. The van der Waals surface area contributed by atoms with E-state index < -0.39 is 0 Å². The molecule has 152 valence electrons. The highest BCUT2D eigenvalue weighted by Gasteiger charge is 2.29. The molecule has 5 rings (SSSR count). The topological polar surface area (TPSA) is 74.7 Å². The number of hydrogen-bond acceptors (Lipinski definition) is 6. The van der Waals surface area contributed by atoms with Crippen LogP contribution in [0.1, 0.15) is 18.4 Å². The molecular weight excluding hydrogens is 410 g/mol. The lowest BCUT2D eigenvalue weighted by Gasteiger charge is -2.23. The third-order valence-corrected chi connectivity index (χ3v) is 6.41. The Morgan fingerprint density at radius 2 is 2.17 bits per heavy atom. The van der Waals surface area contributed by atoms with Crippen LogP contribution >= 0.6 is 23.7 Å². The van der Waals surface area contributed by atoms with Crippen molar-refractivity contribution in [3.8, 4) is 22.1 Å². The van der Waals surface area contributed by atoms with E-state index in [1.54, 1.807) is 17.4 Å². The van der Waals surface area contributed by atoms with Gasteiger partial charge in [0.2, 0.25) is 5.91 Å². The van der Waals surface area contributed by atoms with Gasteiger partial charge in [-0.3, -0.25) is 4.79 Å². The van der Waals surface area contributed by atoms with Gasteiger partial charge in [-0.25, -0.2) is 4.98 Å². The average Bonchev–Trinajstić information content (AvgIpc) is 3.33. The number of para-hydroxylation sites is 1. The van der Waals surface area contributed by atoms with Gasteiger partial charge in [0.25, 0.3) is 0 Å². The Morgan fingerprint density at radius 3 is 2.97 bits per heavy atom. The van der Waals surface area contributed by atoms with Crippen molar-refractivity contribution in [2.75, 3.05) is 19.7 Å². The molecule has 2 N–H and O–H groups in total. The first-order valence-corrected chi connectivity index (χ1v) is 10.4. The van der Waals surface area contributed by atoms with Crippen molar-refractivity contribution >= 4 is 39.9 Å². The molecule has 1 amide bonds. The van der Waals surface area contributed by atoms with E-state index in [0.717, 1.165) is 45.7 Å². The number of benzene rings is 2. The number of carbonyl (C=O) groups excluding carboxylic acids is 1. The largest absolute Gasteiger partial charge is 0.504 e. The predicted molar refractivity (Wildman–Crippen MR) is 116 cm³/mol. The molecule has 2 aliphatic rings. The van der Waals surface area contributed by atoms with E-state index in [1.165, 1.54) is 0 Å². The van der Waals surface area contributed by atoms with Crippen LogP contribution in [0.5, 0.6) is 11.5 Å². The van der Waals surface area contributed by atoms with Crippen molar-refractivity contribution in [3.05, 3.63) is 42.0 Å². The number of ether oxygens (including phenoxy) is 1. The van der Waals surface area contributed by atoms with Crippen molar-refractivity contribution in [1.82, 2.24) is 15.2 Å². The van der Waals surface area contributed by atoms with Crippen molar-refractivity contribution in [3.63, 3.8) is 0 Å². The van der Waals surface area contributed by atoms with E-state index in [2.05, 4.69) is 10.3 Å². The Bertz CT molecular complexity index is 1020. The van der Waals surface area contributed by atoms with Gasteiger partial charge in [0.15, 0.2) is 11.5 Å². The SMILES string of the molecule is Cl.O=C([C@H]1CCCN1)N1CCOc2c(O)cc(-c3nc4ccccc4s3)cc2C1. The van der Waals surface area contributed by atoms with Crippen molar-refractivity contribution in [1.29, 1.82) is 0 Å². The summed E-state index contributed by atoms with van der Waals surface area (Å²) in [6, 6.07) is 11.6. The molecule has 0 radical (unpaired) electrons. The minimum atomic E-state index is -0.109. The second kappa shape index (κ2) is 8.18. The van der Waals surface area contributed by atoms with Crippen LogP contribution < -0.4 is 10.1 Å². The summed E-state index contributed by atoms with van der Waals surface area (Å²) in [6.07, 6.45) is 1.90. The third kappa shape index (κ3) is 3.77. The molecule has 0 unspecified atom stereocenters. The number of hydrogen-bond donors (Lipinski definition) is 2. The molecule has 1 fully saturated rings. The molecule has 0 bridgehead atoms. The highest BCUT2D eigenvalue weighted by molar-refractivity contribution is 7.21. The van der Waals surface area contributed by atoms with Crippen LogP contribution in [0, 0.1) is 0 Å². The molecular formula is C21H22ClN3O3S. The van der Waals surface area contributed by atoms with Gasteiger partial charge in [0, 0.05) is 17.7 Å². The number of fused-ring (bicyclic) bond motifs is 2. The van der Waals surface area contributed by atoms with E-state index in [0.29, 0.717) is 25.4 Å². The van der Waals surface area contributed by atoms with Gasteiger partial charge in [-0.05, 0) is 43.7 Å². The number of amides is 1. The number of nitrogens with one attached hydrogen (secondary N) is 1. The maximum Gasteiger partial charge on any atom is 0.240 e. The molecule has 1 saturated heterocycles. The lowest BCUT2D eigenvalue weighted by Crippen LogP contribution is -2.44. The summed E-state index contributed by atoms with van der Waals surface area (Å²) in [5, 5.41) is 14.7. The maximum atomic E-state index is 12.9. The monoisotopic (exact) mass is 431 g/mol. The molecule has 1 aromatic heterocycles. The zero-order chi connectivity index (χ0) is 19.1. The van der Waals surface area contributed by atoms with Gasteiger partial charge in [0.1, 0.15) is 11.6 Å². The Labute approximate surface area is 178 Å². The van der Waals surface area contributed by atoms with Crippen LogP contribution in [0.15, 0.2) is 36.4 Å². The molecule has 0 aliphatic carbocycles. The molecule has 1 atom stereocenters. The Morgan fingerprint density at radius 1 is 1.31 bits per heavy atom. The van der Waals surface area contributed by atoms with Gasteiger partial charge in [0.05, 0.1) is 22.8 Å². The summed E-state index contributed by atoms with van der Waals surface area (Å²) in [7, 11) is 0. The maximum absolute atomic E-state index is 12.9. The van der Waals surface area contributed by atoms with Gasteiger partial charge in [-0.2, -0.15) is 0 Å². The molecule has 2 aromatic carbocycles. The molecule has 0 saturated carbocycles. The fourth-order valence-electron chi connectivity index (χ4n) is 3.92. The summed E-state index contributed by atoms with van der Waals surface area (Å²) >= 11 is 1.59. The molecule has 29 heavy (non-hydrogen) atoms. The second-order valence-corrected chi connectivity index (χ2v) is 8.26. The average molecular weight is 432 g/mol. The highest BCUT2D eigenvalue weighted by Crippen LogP contribution is 2.39. The van der Waals surface area contributed by atoms with Crippen LogP contribution in [-0.4, -0.2) is 46.6 Å². The number of phenolic OH excluding ortho intramolecular Hbond substituents is 1. The predicted octanol–water partition coefficient (Wildman–Crippen LogP) is 3.56. The normalized spacial score (nSPS) is 18.6. The fourth-order valence-corrected chi connectivity index (χ4v) is 4.87. The van der Waals surface area contributed by atoms with E-state index in [-0.39, 0.29) is 30.1 Å². The second-order valence-electron chi connectivity index (χ2n) is 7.23. The van der Waals surface area contributed by atoms with Gasteiger partial charge >= 0.3 is 0 Å². The number of halogens is 1. The smallest absolute Gasteiger partial charge is 0.240 e. The molecule has 0 spiro atoms. The minimum absolute atomic E-state index is 0. The van der Waals surface area contributed by atoms with Crippen molar-refractivity contribution in [2.24, 2.45) is 0 Å². The van der Waals surface area contributed by atoms with E-state index in [4.69, 9.17) is 4.74 Å². The van der Waals surface area contributed by atoms with Crippen LogP contribution in [-0.2, 0) is 11.3 Å². The number of carbonyl (C=O) groups is 1. The zero-order valence-corrected chi connectivity index (χ0v) is 17.4. The lowest BCUT2D eigenvalue weighted by molar-refractivity contribution is -0.133.